The Balaban J connectivity index is 0. The smallest absolute Gasteiger partial charge is 0.754 e. The molecule has 0 saturated heterocycles. The summed E-state index contributed by atoms with van der Waals surface area (Å²) in [5.41, 5.74) is 1.96. The molecule has 0 aliphatic heterocycles. The predicted molar refractivity (Wildman–Crippen MR) is 194 cm³/mol. The first-order valence-electron chi connectivity index (χ1n) is 15.0. The van der Waals surface area contributed by atoms with E-state index < -0.39 is 121 Å². The Bertz CT molecular complexity index is 3310. The van der Waals surface area contributed by atoms with Crippen molar-refractivity contribution < 1.29 is 222 Å². The van der Waals surface area contributed by atoms with E-state index in [4.69, 9.17) is 18.4 Å². The van der Waals surface area contributed by atoms with E-state index in [0.29, 0.717) is 35.9 Å². The predicted octanol–water partition coefficient (Wildman–Crippen LogP) is -11.0. The summed E-state index contributed by atoms with van der Waals surface area (Å²) in [5.74, 6) is -1.38. The summed E-state index contributed by atoms with van der Waals surface area (Å²) in [7, 11) is -24.5. The number of hydrogen-bond acceptors (Lipinski definition) is 25. The number of rotatable bonds is 11. The van der Waals surface area contributed by atoms with E-state index in [-0.39, 0.29) is 165 Å². The Morgan fingerprint density at radius 2 is 1.14 bits per heavy atom. The van der Waals surface area contributed by atoms with Crippen molar-refractivity contribution in [3.05, 3.63) is 88.5 Å². The van der Waals surface area contributed by atoms with Gasteiger partial charge in [0.2, 0.25) is 0 Å². The summed E-state index contributed by atoms with van der Waals surface area (Å²) in [6.45, 7) is 1.50. The van der Waals surface area contributed by atoms with Gasteiger partial charge in [-0.05, 0) is 65.5 Å². The van der Waals surface area contributed by atoms with E-state index in [0.717, 1.165) is 6.07 Å². The van der Waals surface area contributed by atoms with Crippen LogP contribution in [-0.4, -0.2) is 74.5 Å². The fourth-order valence-corrected chi connectivity index (χ4v) is 7.19. The number of phenolic OH excluding ortho intramolecular Hbond substituents is 1. The van der Waals surface area contributed by atoms with Crippen LogP contribution in [0.15, 0.2) is 117 Å². The van der Waals surface area contributed by atoms with Crippen LogP contribution in [0, 0.1) is 23.1 Å². The van der Waals surface area contributed by atoms with Gasteiger partial charge < -0.3 is 29.1 Å². The molecule has 65 heavy (non-hydrogen) atoms. The first-order valence-corrected chi connectivity index (χ1v) is 21.6. The normalized spacial score (nSPS) is 11.6. The second kappa shape index (κ2) is 26.4. The Labute approximate surface area is 479 Å². The molecule has 0 radical (unpaired) electrons. The van der Waals surface area contributed by atoms with Gasteiger partial charge in [0.25, 0.3) is 5.69 Å². The number of nitro benzene ring substituents is 1. The maximum atomic E-state index is 12.4. The minimum atomic E-state index is -5.73. The Morgan fingerprint density at radius 3 is 1.65 bits per heavy atom. The molecule has 0 saturated carbocycles. The average molecular weight is 1040 g/mol. The number of aryl methyl sites for hydroxylation is 1. The van der Waals surface area contributed by atoms with Crippen molar-refractivity contribution in [1.29, 1.82) is 0 Å². The van der Waals surface area contributed by atoms with Gasteiger partial charge >= 0.3 is 158 Å². The van der Waals surface area contributed by atoms with Crippen LogP contribution in [-0.2, 0) is 51.1 Å². The molecule has 0 heterocycles. The average Bonchev–Trinajstić information content (AvgIpc) is 3.11. The van der Waals surface area contributed by atoms with E-state index in [1.807, 2.05) is 0 Å². The van der Waals surface area contributed by atoms with Gasteiger partial charge in [0.15, 0.2) is 11.4 Å². The van der Waals surface area contributed by atoms with Gasteiger partial charge in [-0.2, -0.15) is 33.5 Å². The molecule has 5 aromatic carbocycles. The van der Waals surface area contributed by atoms with E-state index in [2.05, 4.69) is 36.8 Å². The van der Waals surface area contributed by atoms with Crippen LogP contribution in [0.25, 0.3) is 10.8 Å². The Hall–Kier alpha value is -1.58. The molecule has 5 rings (SSSR count). The monoisotopic (exact) mass is 1040 g/mol. The van der Waals surface area contributed by atoms with E-state index in [9.17, 15) is 67.1 Å². The first kappa shape index (κ1) is 65.5. The second-order valence-corrected chi connectivity index (χ2v) is 17.0. The van der Waals surface area contributed by atoms with Crippen molar-refractivity contribution in [3.8, 4) is 5.75 Å². The van der Waals surface area contributed by atoms with Crippen molar-refractivity contribution >= 4 is 107 Å². The number of fused-ring (bicyclic) bond motifs is 1. The minimum Gasteiger partial charge on any atom is -0.754 e. The second-order valence-electron chi connectivity index (χ2n) is 11.2. The molecule has 0 amide bonds. The summed E-state index contributed by atoms with van der Waals surface area (Å²) < 4.78 is 168. The van der Waals surface area contributed by atoms with E-state index >= 15 is 0 Å². The molecule has 0 fully saturated rings. The molecule has 0 aromatic heterocycles. The number of nitrogen functional groups attached to an aromatic ring is 1. The third kappa shape index (κ3) is 17.4. The number of aromatic hydroxyl groups is 1. The van der Waals surface area contributed by atoms with Crippen molar-refractivity contribution in [2.45, 2.75) is 26.5 Å². The van der Waals surface area contributed by atoms with Gasteiger partial charge in [-0.1, -0.05) is 0 Å². The number of anilines is 1. The maximum Gasteiger partial charge on any atom is 1.00 e. The number of benzene rings is 5. The van der Waals surface area contributed by atoms with Crippen molar-refractivity contribution in [2.24, 2.45) is 30.7 Å². The largest absolute Gasteiger partial charge is 1.00 e. The summed E-state index contributed by atoms with van der Waals surface area (Å²) in [6, 6.07) is 12.3. The fourth-order valence-electron chi connectivity index (χ4n) is 4.80. The topological polar surface area (TPSA) is 444 Å². The van der Waals surface area contributed by atoms with E-state index in [1.54, 1.807) is 0 Å². The molecule has 0 aliphatic rings. The molecular weight excluding hydrogens is 1020 g/mol. The zero-order valence-corrected chi connectivity index (χ0v) is 48.1. The third-order valence-electron chi connectivity index (χ3n) is 7.34. The van der Waals surface area contributed by atoms with Crippen LogP contribution >= 0.6 is 0 Å². The third-order valence-corrected chi connectivity index (χ3v) is 10.8. The fraction of sp³-hybridized carbons (Fsp3) is 0.0345. The summed E-state index contributed by atoms with van der Waals surface area (Å²) in [5, 5.41) is 43.4. The van der Waals surface area contributed by atoms with Crippen LogP contribution in [0.5, 0.6) is 5.75 Å². The maximum absolute atomic E-state index is 12.4. The molecule has 0 atom stereocenters. The molecule has 316 valence electrons. The van der Waals surface area contributed by atoms with Crippen LogP contribution in [0.1, 0.15) is 5.56 Å². The number of phenols is 1. The van der Waals surface area contributed by atoms with Crippen molar-refractivity contribution in [1.82, 2.24) is 0 Å². The van der Waals surface area contributed by atoms with Crippen LogP contribution in [0.3, 0.4) is 0 Å². The van der Waals surface area contributed by atoms with Crippen LogP contribution in [0.4, 0.5) is 45.5 Å². The number of nitrogens with two attached hydrogens (primary N) is 1. The first-order chi connectivity index (χ1) is 27.6. The van der Waals surface area contributed by atoms with E-state index in [1.165, 1.54) is 37.3 Å². The van der Waals surface area contributed by atoms with Gasteiger partial charge in [-0.15, -0.1) is 34.0 Å². The molecule has 0 spiro atoms. The van der Waals surface area contributed by atoms with Gasteiger partial charge in [-0.3, -0.25) is 18.5 Å². The van der Waals surface area contributed by atoms with Gasteiger partial charge in [0.05, 0.1) is 52.2 Å². The zero-order chi connectivity index (χ0) is 45.1. The molecular formula is C29H17N8Na5O18S5. The molecule has 36 heteroatoms. The number of nitrogens with zero attached hydrogens (tertiary/aromatic N) is 7. The summed E-state index contributed by atoms with van der Waals surface area (Å²) in [6.07, 6.45) is 0. The summed E-state index contributed by atoms with van der Waals surface area (Å²) >= 11 is 0. The Morgan fingerprint density at radius 1 is 0.631 bits per heavy atom. The minimum absolute atomic E-state index is 0. The Kier molecular flexibility index (Phi) is 26.6. The van der Waals surface area contributed by atoms with Crippen LogP contribution in [0.2, 0.25) is 0 Å². The number of azo groups is 3. The van der Waals surface area contributed by atoms with Crippen molar-refractivity contribution in [2.75, 3.05) is 5.73 Å². The molecule has 0 aliphatic carbocycles. The molecule has 3 N–H and O–H groups in total. The van der Waals surface area contributed by atoms with Gasteiger partial charge in [-0.25, -0.2) is 25.3 Å². The molecule has 0 bridgehead atoms. The SMILES string of the molecule is Cc1cc(N=Nc2cc[c-]cc2S(=O)(=O)[O-])ccc1N=Nc1cc(S(=O)(=O)[O-])c2cc(S(=O)(=O)[O-])c(N=Nc3ccc(S(=O)(=O)[O-])cc3[N+](=O)[O-])c(O)c2c1N.O=S(=O)=O.[Na+].[Na+].[Na+].[Na+].[Na+]. The molecule has 26 nitrogen and oxygen atoms in total. The van der Waals surface area contributed by atoms with Crippen molar-refractivity contribution in [3.63, 3.8) is 0 Å². The van der Waals surface area contributed by atoms with Gasteiger partial charge in [0.1, 0.15) is 41.7 Å². The quantitative estimate of drug-likeness (QED) is 0.0236. The van der Waals surface area contributed by atoms with Gasteiger partial charge in [0, 0.05) is 11.5 Å². The standard InChI is InChI=1S/C29H21N8O15S4.5Na.O3S/c1-14-10-15(31-34-20-4-2-3-5-23(20)54(44,45)46)6-8-18(14)32-35-21-13-24(55(47,48)49)17-12-25(56(50,51)52)28(29(38)26(17)27(21)30)36-33-19-9-7-16(53(41,42)43)11-22(19)37(39)40;;;;;;1-4(2)3/h2,4-13,38H,30H2,1H3,(H,41,42,43)(H,44,45,46)(H,47,48,49)(H,50,51,52);;;;;;/q-1;5*+1;/p-4. The zero-order valence-electron chi connectivity index (χ0n) is 34.0. The molecule has 5 aromatic rings. The number of nitro groups is 1. The summed E-state index contributed by atoms with van der Waals surface area (Å²) in [4.78, 5) is 5.96. The number of hydrogen-bond donors (Lipinski definition) is 2. The molecule has 0 unspecified atom stereocenters. The van der Waals surface area contributed by atoms with Crippen LogP contribution < -0.4 is 154 Å².